The van der Waals surface area contributed by atoms with Gasteiger partial charge in [-0.2, -0.15) is 0 Å². The van der Waals surface area contributed by atoms with E-state index in [1.807, 2.05) is 42.5 Å². The van der Waals surface area contributed by atoms with Gasteiger partial charge in [0.2, 0.25) is 5.91 Å². The third-order valence-electron chi connectivity index (χ3n) is 3.96. The van der Waals surface area contributed by atoms with Gasteiger partial charge in [0.1, 0.15) is 0 Å². The van der Waals surface area contributed by atoms with Crippen LogP contribution in [0.1, 0.15) is 24.0 Å². The summed E-state index contributed by atoms with van der Waals surface area (Å²) in [5.41, 5.74) is 0.422. The Labute approximate surface area is 138 Å². The molecule has 1 aromatic heterocycles. The van der Waals surface area contributed by atoms with Crippen molar-refractivity contribution >= 4 is 12.0 Å². The number of hydrogen-bond donors (Lipinski definition) is 2. The van der Waals surface area contributed by atoms with Crippen LogP contribution in [0.2, 0.25) is 0 Å². The molecule has 24 heavy (non-hydrogen) atoms. The van der Waals surface area contributed by atoms with Crippen molar-refractivity contribution in [3.63, 3.8) is 0 Å². The van der Waals surface area contributed by atoms with Gasteiger partial charge >= 0.3 is 0 Å². The highest BCUT2D eigenvalue weighted by Gasteiger charge is 2.31. The summed E-state index contributed by atoms with van der Waals surface area (Å²) in [6.07, 6.45) is 5.83. The first-order valence-corrected chi connectivity index (χ1v) is 7.95. The van der Waals surface area contributed by atoms with Crippen LogP contribution in [0.3, 0.4) is 0 Å². The highest BCUT2D eigenvalue weighted by Crippen LogP contribution is 2.27. The summed E-state index contributed by atoms with van der Waals surface area (Å²) in [5.74, 6) is -0.133. The van der Waals surface area contributed by atoms with Crippen molar-refractivity contribution in [3.8, 4) is 0 Å². The van der Waals surface area contributed by atoms with Gasteiger partial charge < -0.3 is 4.90 Å². The molecule has 0 atom stereocenters. The van der Waals surface area contributed by atoms with Crippen molar-refractivity contribution in [3.05, 3.63) is 74.3 Å². The average molecular weight is 325 g/mol. The van der Waals surface area contributed by atoms with Crippen molar-refractivity contribution in [2.24, 2.45) is 0 Å². The molecule has 2 aromatic rings. The van der Waals surface area contributed by atoms with Crippen LogP contribution in [0.4, 0.5) is 0 Å². The van der Waals surface area contributed by atoms with Gasteiger partial charge in [-0.1, -0.05) is 42.5 Å². The highest BCUT2D eigenvalue weighted by atomic mass is 16.2. The molecule has 124 valence electrons. The summed E-state index contributed by atoms with van der Waals surface area (Å²) >= 11 is 0. The highest BCUT2D eigenvalue weighted by molar-refractivity contribution is 5.79. The van der Waals surface area contributed by atoms with Gasteiger partial charge in [-0.3, -0.25) is 24.6 Å². The monoisotopic (exact) mass is 325 g/mol. The maximum Gasteiger partial charge on any atom is 0.266 e. The fourth-order valence-electron chi connectivity index (χ4n) is 2.56. The van der Waals surface area contributed by atoms with E-state index in [4.69, 9.17) is 0 Å². The lowest BCUT2D eigenvalue weighted by Crippen LogP contribution is -2.36. The van der Waals surface area contributed by atoms with Gasteiger partial charge in [-0.15, -0.1) is 0 Å². The number of benzene rings is 1. The van der Waals surface area contributed by atoms with E-state index in [9.17, 15) is 14.4 Å². The molecule has 1 aromatic carbocycles. The fraction of sp³-hybridized carbons (Fsp3) is 0.278. The van der Waals surface area contributed by atoms with E-state index in [1.165, 1.54) is 6.07 Å². The van der Waals surface area contributed by atoms with Crippen LogP contribution in [0.5, 0.6) is 0 Å². The van der Waals surface area contributed by atoms with Crippen LogP contribution in [0.25, 0.3) is 6.08 Å². The topological polar surface area (TPSA) is 86.0 Å². The first-order valence-electron chi connectivity index (χ1n) is 7.95. The molecule has 1 heterocycles. The Morgan fingerprint density at radius 1 is 1.17 bits per heavy atom. The van der Waals surface area contributed by atoms with Gasteiger partial charge in [0, 0.05) is 24.2 Å². The minimum absolute atomic E-state index is 0.0606. The Hall–Kier alpha value is -2.89. The zero-order valence-corrected chi connectivity index (χ0v) is 13.2. The maximum atomic E-state index is 12.5. The Balaban J connectivity index is 1.68. The maximum absolute atomic E-state index is 12.5. The fourth-order valence-corrected chi connectivity index (χ4v) is 2.56. The second kappa shape index (κ2) is 7.12. The molecule has 1 amide bonds. The van der Waals surface area contributed by atoms with Gasteiger partial charge in [0.05, 0.1) is 6.42 Å². The molecule has 0 bridgehead atoms. The Bertz CT molecular complexity index is 848. The van der Waals surface area contributed by atoms with Gasteiger partial charge in [-0.05, 0) is 18.4 Å². The van der Waals surface area contributed by atoms with Crippen LogP contribution < -0.4 is 11.1 Å². The molecular formula is C18H19N3O3. The number of hydrogen-bond acceptors (Lipinski definition) is 3. The molecule has 1 saturated carbocycles. The van der Waals surface area contributed by atoms with E-state index in [-0.39, 0.29) is 23.9 Å². The number of amides is 1. The van der Waals surface area contributed by atoms with Crippen LogP contribution >= 0.6 is 0 Å². The van der Waals surface area contributed by atoms with E-state index in [2.05, 4.69) is 10.2 Å². The number of aromatic amines is 2. The van der Waals surface area contributed by atoms with E-state index in [1.54, 1.807) is 4.90 Å². The SMILES string of the molecule is O=C(Cc1cc(=O)[nH][nH]c1=O)N(C/C=C/c1ccccc1)C1CC1. The number of carbonyl (C=O) groups is 1. The Morgan fingerprint density at radius 2 is 1.92 bits per heavy atom. The Kier molecular flexibility index (Phi) is 4.74. The molecular weight excluding hydrogens is 306 g/mol. The van der Waals surface area contributed by atoms with Crippen molar-refractivity contribution in [1.82, 2.24) is 15.1 Å². The molecule has 6 nitrogen and oxygen atoms in total. The molecule has 0 radical (unpaired) electrons. The summed E-state index contributed by atoms with van der Waals surface area (Å²) in [5, 5.41) is 4.45. The summed E-state index contributed by atoms with van der Waals surface area (Å²) in [6, 6.07) is 11.3. The van der Waals surface area contributed by atoms with Crippen LogP contribution in [-0.4, -0.2) is 33.6 Å². The molecule has 1 aliphatic rings. The van der Waals surface area contributed by atoms with Crippen LogP contribution in [-0.2, 0) is 11.2 Å². The van der Waals surface area contributed by atoms with Crippen LogP contribution in [0.15, 0.2) is 52.1 Å². The second-order valence-electron chi connectivity index (χ2n) is 5.88. The lowest BCUT2D eigenvalue weighted by Gasteiger charge is -2.20. The number of nitrogens with one attached hydrogen (secondary N) is 2. The molecule has 0 saturated heterocycles. The normalized spacial score (nSPS) is 14.0. The third-order valence-corrected chi connectivity index (χ3v) is 3.96. The number of nitrogens with zero attached hydrogens (tertiary/aromatic N) is 1. The summed E-state index contributed by atoms with van der Waals surface area (Å²) in [4.78, 5) is 37.3. The van der Waals surface area contributed by atoms with Gasteiger partial charge in [0.15, 0.2) is 0 Å². The van der Waals surface area contributed by atoms with E-state index >= 15 is 0 Å². The first kappa shape index (κ1) is 16.0. The lowest BCUT2D eigenvalue weighted by atomic mass is 10.2. The lowest BCUT2D eigenvalue weighted by molar-refractivity contribution is -0.130. The summed E-state index contributed by atoms with van der Waals surface area (Å²) in [6.45, 7) is 0.499. The number of carbonyl (C=O) groups excluding carboxylic acids is 1. The first-order chi connectivity index (χ1) is 11.6. The average Bonchev–Trinajstić information content (AvgIpc) is 3.40. The zero-order valence-electron chi connectivity index (χ0n) is 13.2. The number of rotatable bonds is 6. The predicted octanol–water partition coefficient (Wildman–Crippen LogP) is 1.31. The van der Waals surface area contributed by atoms with E-state index in [0.29, 0.717) is 6.54 Å². The molecule has 0 unspecified atom stereocenters. The smallest absolute Gasteiger partial charge is 0.266 e. The van der Waals surface area contributed by atoms with Crippen molar-refractivity contribution in [2.45, 2.75) is 25.3 Å². The standard InChI is InChI=1S/C18H19N3O3/c22-16-11-14(18(24)20-19-16)12-17(23)21(15-8-9-15)10-4-7-13-5-2-1-3-6-13/h1-7,11,15H,8-10,12H2,(H,19,22)(H,20,24)/b7-4+. The number of aromatic nitrogens is 2. The molecule has 2 N–H and O–H groups in total. The minimum Gasteiger partial charge on any atom is -0.336 e. The molecule has 0 spiro atoms. The van der Waals surface area contributed by atoms with E-state index in [0.717, 1.165) is 18.4 Å². The predicted molar refractivity (Wildman–Crippen MR) is 91.6 cm³/mol. The second-order valence-corrected chi connectivity index (χ2v) is 5.88. The van der Waals surface area contributed by atoms with Crippen molar-refractivity contribution < 1.29 is 4.79 Å². The van der Waals surface area contributed by atoms with Crippen molar-refractivity contribution in [1.29, 1.82) is 0 Å². The molecule has 3 rings (SSSR count). The quantitative estimate of drug-likeness (QED) is 0.839. The largest absolute Gasteiger partial charge is 0.336 e. The molecule has 6 heteroatoms. The third kappa shape index (κ3) is 4.10. The van der Waals surface area contributed by atoms with Gasteiger partial charge in [0.25, 0.3) is 11.1 Å². The molecule has 1 fully saturated rings. The minimum atomic E-state index is -0.432. The number of H-pyrrole nitrogens is 2. The Morgan fingerprint density at radius 3 is 2.62 bits per heavy atom. The van der Waals surface area contributed by atoms with Gasteiger partial charge in [-0.25, -0.2) is 0 Å². The van der Waals surface area contributed by atoms with E-state index < -0.39 is 11.1 Å². The zero-order chi connectivity index (χ0) is 16.9. The molecule has 0 aliphatic heterocycles. The van der Waals surface area contributed by atoms with Crippen LogP contribution in [0, 0.1) is 0 Å². The molecule has 1 aliphatic carbocycles. The van der Waals surface area contributed by atoms with Crippen molar-refractivity contribution in [2.75, 3.05) is 6.54 Å². The summed E-state index contributed by atoms with van der Waals surface area (Å²) in [7, 11) is 0. The summed E-state index contributed by atoms with van der Waals surface area (Å²) < 4.78 is 0.